The Bertz CT molecular complexity index is 989. The van der Waals surface area contributed by atoms with Crippen LogP contribution in [0.4, 0.5) is 25.8 Å². The average molecular weight is 437 g/mol. The summed E-state index contributed by atoms with van der Waals surface area (Å²) >= 11 is 5.51. The number of fused-ring (bicyclic) bond motifs is 1. The van der Waals surface area contributed by atoms with Gasteiger partial charge in [0.05, 0.1) is 0 Å². The number of amides is 2. The highest BCUT2D eigenvalue weighted by molar-refractivity contribution is 6.39. The summed E-state index contributed by atoms with van der Waals surface area (Å²) in [7, 11) is 0. The number of piperazine rings is 1. The molecule has 3 N–H and O–H groups in total. The van der Waals surface area contributed by atoms with Gasteiger partial charge in [-0.3, -0.25) is 9.59 Å². The van der Waals surface area contributed by atoms with E-state index in [0.29, 0.717) is 30.9 Å². The van der Waals surface area contributed by atoms with E-state index < -0.39 is 34.7 Å². The third-order valence-corrected chi connectivity index (χ3v) is 5.55. The number of halogens is 3. The van der Waals surface area contributed by atoms with Gasteiger partial charge in [-0.15, -0.1) is 0 Å². The lowest BCUT2D eigenvalue weighted by atomic mass is 10.1. The van der Waals surface area contributed by atoms with Crippen LogP contribution in [-0.4, -0.2) is 54.2 Å². The Labute approximate surface area is 176 Å². The second-order valence-electron chi connectivity index (χ2n) is 7.19. The summed E-state index contributed by atoms with van der Waals surface area (Å²) in [6.45, 7) is 1.11. The molecular weight excluding hydrogens is 418 g/mol. The SMILES string of the molecule is O=C(Nc1ccc2c(c1)CC(O)N2)C(=O)N1CCN(c2cc(F)c(Cl)c(F)c2)CC1. The average Bonchev–Trinajstić information content (AvgIpc) is 3.10. The van der Waals surface area contributed by atoms with Crippen molar-refractivity contribution in [3.8, 4) is 0 Å². The number of benzene rings is 2. The van der Waals surface area contributed by atoms with Gasteiger partial charge in [0.25, 0.3) is 0 Å². The van der Waals surface area contributed by atoms with Crippen molar-refractivity contribution in [2.24, 2.45) is 0 Å². The first kappa shape index (κ1) is 20.4. The van der Waals surface area contributed by atoms with Crippen LogP contribution in [0.1, 0.15) is 5.56 Å². The van der Waals surface area contributed by atoms with Gasteiger partial charge >= 0.3 is 11.8 Å². The summed E-state index contributed by atoms with van der Waals surface area (Å²) in [6.07, 6.45) is -0.243. The van der Waals surface area contributed by atoms with E-state index in [1.165, 1.54) is 4.90 Å². The monoisotopic (exact) mass is 436 g/mol. The number of nitrogens with zero attached hydrogens (tertiary/aromatic N) is 2. The van der Waals surface area contributed by atoms with E-state index in [-0.39, 0.29) is 13.1 Å². The molecule has 0 spiro atoms. The Morgan fingerprint density at radius 1 is 1.10 bits per heavy atom. The second kappa shape index (κ2) is 8.08. The third-order valence-electron chi connectivity index (χ3n) is 5.19. The molecule has 0 saturated carbocycles. The highest BCUT2D eigenvalue weighted by atomic mass is 35.5. The van der Waals surface area contributed by atoms with Crippen molar-refractivity contribution in [1.29, 1.82) is 0 Å². The van der Waals surface area contributed by atoms with E-state index in [1.54, 1.807) is 23.1 Å². The van der Waals surface area contributed by atoms with Crippen molar-refractivity contribution in [1.82, 2.24) is 4.90 Å². The van der Waals surface area contributed by atoms with Crippen LogP contribution in [-0.2, 0) is 16.0 Å². The van der Waals surface area contributed by atoms with Crippen LogP contribution in [0.25, 0.3) is 0 Å². The number of nitrogens with one attached hydrogen (secondary N) is 2. The Kier molecular flexibility index (Phi) is 5.48. The predicted molar refractivity (Wildman–Crippen MR) is 109 cm³/mol. The van der Waals surface area contributed by atoms with Crippen LogP contribution in [0.3, 0.4) is 0 Å². The van der Waals surface area contributed by atoms with E-state index in [1.807, 2.05) is 0 Å². The first-order chi connectivity index (χ1) is 14.3. The van der Waals surface area contributed by atoms with Crippen LogP contribution in [0.15, 0.2) is 30.3 Å². The normalized spacial score (nSPS) is 18.1. The van der Waals surface area contributed by atoms with Crippen molar-refractivity contribution in [2.45, 2.75) is 12.6 Å². The topological polar surface area (TPSA) is 84.9 Å². The van der Waals surface area contributed by atoms with Crippen LogP contribution in [0.2, 0.25) is 5.02 Å². The van der Waals surface area contributed by atoms with Crippen molar-refractivity contribution in [3.05, 3.63) is 52.6 Å². The minimum absolute atomic E-state index is 0.235. The summed E-state index contributed by atoms with van der Waals surface area (Å²) < 4.78 is 27.4. The van der Waals surface area contributed by atoms with Gasteiger partial charge in [0.15, 0.2) is 0 Å². The van der Waals surface area contributed by atoms with Gasteiger partial charge in [-0.25, -0.2) is 8.78 Å². The molecule has 2 aromatic rings. The van der Waals surface area contributed by atoms with Crippen LogP contribution >= 0.6 is 11.6 Å². The molecule has 158 valence electrons. The Hall–Kier alpha value is -2.91. The molecule has 30 heavy (non-hydrogen) atoms. The fraction of sp³-hybridized carbons (Fsp3) is 0.300. The number of aliphatic hydroxyl groups excluding tert-OH is 1. The number of anilines is 3. The third kappa shape index (κ3) is 4.03. The molecule has 10 heteroatoms. The van der Waals surface area contributed by atoms with Crippen molar-refractivity contribution < 1.29 is 23.5 Å². The number of hydrogen-bond acceptors (Lipinski definition) is 5. The lowest BCUT2D eigenvalue weighted by Crippen LogP contribution is -2.51. The molecule has 0 bridgehead atoms. The van der Waals surface area contributed by atoms with E-state index in [2.05, 4.69) is 10.6 Å². The van der Waals surface area contributed by atoms with Crippen LogP contribution in [0.5, 0.6) is 0 Å². The van der Waals surface area contributed by atoms with Gasteiger partial charge in [0.1, 0.15) is 22.9 Å². The standard InChI is InChI=1S/C20H19ClF2N4O3/c21-18-14(22)9-13(10-15(18)23)26-3-5-27(6-4-26)20(30)19(29)24-12-1-2-16-11(7-12)8-17(28)25-16/h1-2,7,9-10,17,25,28H,3-6,8H2,(H,24,29). The zero-order chi connectivity index (χ0) is 21.4. The maximum atomic E-state index is 13.7. The van der Waals surface area contributed by atoms with Crippen molar-refractivity contribution in [2.75, 3.05) is 41.7 Å². The molecule has 0 aliphatic carbocycles. The number of carbonyl (C=O) groups excluding carboxylic acids is 2. The minimum atomic E-state index is -0.846. The fourth-order valence-corrected chi connectivity index (χ4v) is 3.75. The first-order valence-corrected chi connectivity index (χ1v) is 9.77. The Balaban J connectivity index is 1.35. The quantitative estimate of drug-likeness (QED) is 0.496. The highest BCUT2D eigenvalue weighted by Crippen LogP contribution is 2.28. The zero-order valence-corrected chi connectivity index (χ0v) is 16.5. The second-order valence-corrected chi connectivity index (χ2v) is 7.57. The number of aliphatic hydroxyl groups is 1. The fourth-order valence-electron chi connectivity index (χ4n) is 3.64. The molecule has 2 aliphatic heterocycles. The smallest absolute Gasteiger partial charge is 0.313 e. The summed E-state index contributed by atoms with van der Waals surface area (Å²) in [5, 5.41) is 14.5. The minimum Gasteiger partial charge on any atom is -0.373 e. The largest absolute Gasteiger partial charge is 0.373 e. The lowest BCUT2D eigenvalue weighted by molar-refractivity contribution is -0.143. The van der Waals surface area contributed by atoms with Crippen LogP contribution in [0, 0.1) is 11.6 Å². The molecule has 1 fully saturated rings. The Morgan fingerprint density at radius 3 is 2.43 bits per heavy atom. The summed E-state index contributed by atoms with van der Waals surface area (Å²) in [6, 6.07) is 7.39. The highest BCUT2D eigenvalue weighted by Gasteiger charge is 2.27. The van der Waals surface area contributed by atoms with Gasteiger partial charge in [-0.1, -0.05) is 11.6 Å². The summed E-state index contributed by atoms with van der Waals surface area (Å²) in [5.74, 6) is -3.14. The first-order valence-electron chi connectivity index (χ1n) is 9.39. The van der Waals surface area contributed by atoms with Crippen molar-refractivity contribution >= 4 is 40.5 Å². The maximum absolute atomic E-state index is 13.7. The molecular formula is C20H19ClF2N4O3. The van der Waals surface area contributed by atoms with E-state index in [9.17, 15) is 23.5 Å². The number of carbonyl (C=O) groups is 2. The number of hydrogen-bond donors (Lipinski definition) is 3. The molecule has 0 radical (unpaired) electrons. The lowest BCUT2D eigenvalue weighted by Gasteiger charge is -2.35. The summed E-state index contributed by atoms with van der Waals surface area (Å²) in [5.41, 5.74) is 2.44. The molecule has 4 rings (SSSR count). The summed E-state index contributed by atoms with van der Waals surface area (Å²) in [4.78, 5) is 28.0. The molecule has 2 aliphatic rings. The number of rotatable bonds is 2. The maximum Gasteiger partial charge on any atom is 0.313 e. The van der Waals surface area contributed by atoms with E-state index in [0.717, 1.165) is 23.4 Å². The van der Waals surface area contributed by atoms with Crippen LogP contribution < -0.4 is 15.5 Å². The molecule has 2 amide bonds. The Morgan fingerprint density at radius 2 is 1.77 bits per heavy atom. The van der Waals surface area contributed by atoms with Gasteiger partial charge in [0.2, 0.25) is 0 Å². The van der Waals surface area contributed by atoms with Gasteiger partial charge in [-0.05, 0) is 35.9 Å². The molecule has 7 nitrogen and oxygen atoms in total. The predicted octanol–water partition coefficient (Wildman–Crippen LogP) is 2.19. The molecule has 0 aromatic heterocycles. The van der Waals surface area contributed by atoms with Gasteiger partial charge in [-0.2, -0.15) is 0 Å². The molecule has 1 unspecified atom stereocenters. The molecule has 1 saturated heterocycles. The zero-order valence-electron chi connectivity index (χ0n) is 15.8. The van der Waals surface area contributed by atoms with E-state index >= 15 is 0 Å². The van der Waals surface area contributed by atoms with Gasteiger partial charge < -0.3 is 25.5 Å². The molecule has 2 aromatic carbocycles. The van der Waals surface area contributed by atoms with Gasteiger partial charge in [0, 0.05) is 49.7 Å². The molecule has 1 atom stereocenters. The molecule has 2 heterocycles. The van der Waals surface area contributed by atoms with E-state index in [4.69, 9.17) is 11.6 Å². The van der Waals surface area contributed by atoms with Crippen molar-refractivity contribution in [3.63, 3.8) is 0 Å².